The number of rotatable bonds is 5. The topological polar surface area (TPSA) is 86.5 Å². The number of carbonyl (C=O) groups is 1. The Labute approximate surface area is 135 Å². The van der Waals surface area contributed by atoms with Crippen LogP contribution < -0.4 is 9.88 Å². The fourth-order valence-corrected chi connectivity index (χ4v) is 2.72. The molecule has 2 aromatic rings. The van der Waals surface area contributed by atoms with Gasteiger partial charge in [0.15, 0.2) is 5.78 Å². The van der Waals surface area contributed by atoms with Crippen molar-refractivity contribution in [1.82, 2.24) is 0 Å². The van der Waals surface area contributed by atoms with Crippen molar-refractivity contribution in [2.24, 2.45) is 5.14 Å². The predicted octanol–water partition coefficient (Wildman–Crippen LogP) is 2.55. The quantitative estimate of drug-likeness (QED) is 0.674. The fourth-order valence-electron chi connectivity index (χ4n) is 2.00. The second-order valence-corrected chi connectivity index (χ2v) is 6.55. The van der Waals surface area contributed by atoms with Crippen LogP contribution in [0.25, 0.3) is 6.08 Å². The van der Waals surface area contributed by atoms with Gasteiger partial charge >= 0.3 is 0 Å². The highest BCUT2D eigenvalue weighted by Gasteiger charge is 2.17. The molecule has 120 valence electrons. The van der Waals surface area contributed by atoms with Crippen LogP contribution in [0.1, 0.15) is 21.5 Å². The van der Waals surface area contributed by atoms with Crippen LogP contribution in [-0.4, -0.2) is 21.3 Å². The van der Waals surface area contributed by atoms with E-state index in [2.05, 4.69) is 0 Å². The summed E-state index contributed by atoms with van der Waals surface area (Å²) in [5, 5.41) is 5.14. The van der Waals surface area contributed by atoms with Crippen molar-refractivity contribution < 1.29 is 17.9 Å². The molecule has 0 saturated heterocycles. The first-order valence-electron chi connectivity index (χ1n) is 6.81. The molecule has 0 spiro atoms. The molecule has 0 unspecified atom stereocenters. The summed E-state index contributed by atoms with van der Waals surface area (Å²) in [5.41, 5.74) is 2.23. The van der Waals surface area contributed by atoms with Crippen LogP contribution in [0.15, 0.2) is 53.4 Å². The van der Waals surface area contributed by atoms with E-state index in [1.165, 1.54) is 31.4 Å². The number of hydrogen-bond acceptors (Lipinski definition) is 4. The first-order valence-corrected chi connectivity index (χ1v) is 8.36. The van der Waals surface area contributed by atoms with Crippen molar-refractivity contribution in [3.05, 3.63) is 65.2 Å². The Kier molecular flexibility index (Phi) is 4.98. The van der Waals surface area contributed by atoms with Gasteiger partial charge in [-0.05, 0) is 36.8 Å². The number of ketones is 1. The van der Waals surface area contributed by atoms with Crippen molar-refractivity contribution in [2.45, 2.75) is 11.8 Å². The van der Waals surface area contributed by atoms with Gasteiger partial charge in [0, 0.05) is 5.56 Å². The van der Waals surface area contributed by atoms with E-state index in [0.29, 0.717) is 0 Å². The fraction of sp³-hybridized carbons (Fsp3) is 0.118. The Balaban J connectivity index is 2.31. The molecule has 0 bridgehead atoms. The van der Waals surface area contributed by atoms with Gasteiger partial charge in [-0.1, -0.05) is 35.9 Å². The smallest absolute Gasteiger partial charge is 0.241 e. The second kappa shape index (κ2) is 6.76. The Bertz CT molecular complexity index is 853. The molecule has 0 radical (unpaired) electrons. The zero-order chi connectivity index (χ0) is 17.0. The standard InChI is InChI=1S/C17H17NO4S/c1-12-3-5-13(6-4-12)7-9-15(19)14-8-10-16(22-2)17(11-14)23(18,20)21/h3-11H,1-2H3,(H2,18,20,21)/b9-7+. The zero-order valence-corrected chi connectivity index (χ0v) is 13.6. The van der Waals surface area contributed by atoms with E-state index in [9.17, 15) is 13.2 Å². The average Bonchev–Trinajstić information content (AvgIpc) is 2.52. The summed E-state index contributed by atoms with van der Waals surface area (Å²) in [7, 11) is -2.64. The Hall–Kier alpha value is -2.44. The zero-order valence-electron chi connectivity index (χ0n) is 12.8. The molecule has 0 fully saturated rings. The second-order valence-electron chi connectivity index (χ2n) is 5.02. The van der Waals surface area contributed by atoms with Crippen LogP contribution in [0, 0.1) is 6.92 Å². The minimum Gasteiger partial charge on any atom is -0.495 e. The number of sulfonamides is 1. The van der Waals surface area contributed by atoms with Crippen LogP contribution in [-0.2, 0) is 10.0 Å². The van der Waals surface area contributed by atoms with E-state index in [1.54, 1.807) is 6.08 Å². The Morgan fingerprint density at radius 2 is 1.78 bits per heavy atom. The van der Waals surface area contributed by atoms with Gasteiger partial charge in [0.25, 0.3) is 0 Å². The summed E-state index contributed by atoms with van der Waals surface area (Å²) in [5.74, 6) is -0.218. The maximum Gasteiger partial charge on any atom is 0.241 e. The van der Waals surface area contributed by atoms with Crippen molar-refractivity contribution in [3.63, 3.8) is 0 Å². The number of carbonyl (C=O) groups excluding carboxylic acids is 1. The highest BCUT2D eigenvalue weighted by molar-refractivity contribution is 7.89. The number of aryl methyl sites for hydroxylation is 1. The van der Waals surface area contributed by atoms with Crippen LogP contribution in [0.5, 0.6) is 5.75 Å². The number of ether oxygens (including phenoxy) is 1. The van der Waals surface area contributed by atoms with Crippen molar-refractivity contribution in [2.75, 3.05) is 7.11 Å². The SMILES string of the molecule is COc1ccc(C(=O)/C=C/c2ccc(C)cc2)cc1S(N)(=O)=O. The molecule has 0 aromatic heterocycles. The van der Waals surface area contributed by atoms with E-state index in [4.69, 9.17) is 9.88 Å². The highest BCUT2D eigenvalue weighted by Crippen LogP contribution is 2.24. The number of allylic oxidation sites excluding steroid dienone is 1. The summed E-state index contributed by atoms with van der Waals surface area (Å²) in [6.07, 6.45) is 3.06. The lowest BCUT2D eigenvalue weighted by Crippen LogP contribution is -2.14. The number of nitrogens with two attached hydrogens (primary N) is 1. The summed E-state index contributed by atoms with van der Waals surface area (Å²) in [4.78, 5) is 12.0. The van der Waals surface area contributed by atoms with Crippen LogP contribution in [0.3, 0.4) is 0 Å². The molecule has 0 atom stereocenters. The average molecular weight is 331 g/mol. The molecule has 23 heavy (non-hydrogen) atoms. The third-order valence-corrected chi connectivity index (χ3v) is 4.19. The third kappa shape index (κ3) is 4.28. The van der Waals surface area contributed by atoms with E-state index in [1.807, 2.05) is 31.2 Å². The van der Waals surface area contributed by atoms with Gasteiger partial charge in [-0.3, -0.25) is 4.79 Å². The molecule has 0 aliphatic carbocycles. The van der Waals surface area contributed by atoms with Gasteiger partial charge in [0.05, 0.1) is 7.11 Å². The number of primary sulfonamides is 1. The predicted molar refractivity (Wildman–Crippen MR) is 88.9 cm³/mol. The van der Waals surface area contributed by atoms with E-state index < -0.39 is 10.0 Å². The molecule has 6 heteroatoms. The number of benzene rings is 2. The first-order chi connectivity index (χ1) is 10.8. The Morgan fingerprint density at radius 1 is 1.13 bits per heavy atom. The third-order valence-electron chi connectivity index (χ3n) is 3.26. The number of hydrogen-bond donors (Lipinski definition) is 1. The molecule has 2 aromatic carbocycles. The largest absolute Gasteiger partial charge is 0.495 e. The van der Waals surface area contributed by atoms with E-state index in [-0.39, 0.29) is 22.0 Å². The van der Waals surface area contributed by atoms with Crippen LogP contribution in [0.4, 0.5) is 0 Å². The molecule has 5 nitrogen and oxygen atoms in total. The summed E-state index contributed by atoms with van der Waals surface area (Å²) in [6.45, 7) is 1.98. The molecule has 0 aliphatic rings. The maximum absolute atomic E-state index is 12.2. The molecule has 2 N–H and O–H groups in total. The van der Waals surface area contributed by atoms with Crippen LogP contribution in [0.2, 0.25) is 0 Å². The van der Waals surface area contributed by atoms with Gasteiger partial charge in [0.2, 0.25) is 10.0 Å². The normalized spacial score (nSPS) is 11.6. The van der Waals surface area contributed by atoms with Crippen LogP contribution >= 0.6 is 0 Å². The maximum atomic E-state index is 12.2. The van der Waals surface area contributed by atoms with E-state index >= 15 is 0 Å². The molecule has 0 aliphatic heterocycles. The summed E-state index contributed by atoms with van der Waals surface area (Å²) in [6, 6.07) is 11.8. The van der Waals surface area contributed by atoms with Gasteiger partial charge in [-0.2, -0.15) is 0 Å². The lowest BCUT2D eigenvalue weighted by molar-refractivity contribution is 0.104. The van der Waals surface area contributed by atoms with Crippen molar-refractivity contribution in [3.8, 4) is 5.75 Å². The van der Waals surface area contributed by atoms with Gasteiger partial charge in [0.1, 0.15) is 10.6 Å². The molecular weight excluding hydrogens is 314 g/mol. The van der Waals surface area contributed by atoms with E-state index in [0.717, 1.165) is 11.1 Å². The summed E-state index contributed by atoms with van der Waals surface area (Å²) < 4.78 is 28.1. The highest BCUT2D eigenvalue weighted by atomic mass is 32.2. The van der Waals surface area contributed by atoms with Gasteiger partial charge < -0.3 is 4.74 Å². The number of methoxy groups -OCH3 is 1. The van der Waals surface area contributed by atoms with Gasteiger partial charge in [-0.25, -0.2) is 13.6 Å². The minimum atomic E-state index is -3.97. The Morgan fingerprint density at radius 3 is 2.35 bits per heavy atom. The van der Waals surface area contributed by atoms with Gasteiger partial charge in [-0.15, -0.1) is 0 Å². The molecule has 0 saturated carbocycles. The minimum absolute atomic E-state index is 0.103. The molecular formula is C17H17NO4S. The lowest BCUT2D eigenvalue weighted by atomic mass is 10.1. The van der Waals surface area contributed by atoms with Crippen molar-refractivity contribution in [1.29, 1.82) is 0 Å². The van der Waals surface area contributed by atoms with Crippen molar-refractivity contribution >= 4 is 21.9 Å². The molecule has 2 rings (SSSR count). The molecule has 0 heterocycles. The first kappa shape index (κ1) is 16.9. The summed E-state index contributed by atoms with van der Waals surface area (Å²) >= 11 is 0. The lowest BCUT2D eigenvalue weighted by Gasteiger charge is -2.07. The molecule has 0 amide bonds. The monoisotopic (exact) mass is 331 g/mol.